The Hall–Kier alpha value is -3.64. The topological polar surface area (TPSA) is 138 Å². The van der Waals surface area contributed by atoms with Crippen LogP contribution in [-0.4, -0.2) is 36.8 Å². The SMILES string of the molecule is CC(C(=O)NNC(=O)c1n[nH]c(=O)c2ccccc12)n1c(-c2cccs2)n[nH]c1=S. The Morgan fingerprint density at radius 1 is 1.10 bits per heavy atom. The summed E-state index contributed by atoms with van der Waals surface area (Å²) in [5.74, 6) is -0.651. The van der Waals surface area contributed by atoms with E-state index in [4.69, 9.17) is 12.2 Å². The summed E-state index contributed by atoms with van der Waals surface area (Å²) >= 11 is 6.72. The smallest absolute Gasteiger partial charge is 0.287 e. The van der Waals surface area contributed by atoms with Gasteiger partial charge in [0.05, 0.1) is 10.3 Å². The molecule has 152 valence electrons. The summed E-state index contributed by atoms with van der Waals surface area (Å²) in [6.45, 7) is 1.64. The van der Waals surface area contributed by atoms with Gasteiger partial charge in [0.15, 0.2) is 16.3 Å². The maximum atomic E-state index is 12.7. The van der Waals surface area contributed by atoms with Crippen molar-refractivity contribution >= 4 is 46.1 Å². The maximum absolute atomic E-state index is 12.7. The van der Waals surface area contributed by atoms with Crippen LogP contribution in [0.2, 0.25) is 0 Å². The average Bonchev–Trinajstić information content (AvgIpc) is 3.41. The van der Waals surface area contributed by atoms with Crippen molar-refractivity contribution in [1.82, 2.24) is 35.8 Å². The quantitative estimate of drug-likeness (QED) is 0.282. The number of carbonyl (C=O) groups excluding carboxylic acids is 2. The van der Waals surface area contributed by atoms with Gasteiger partial charge in [-0.15, -0.1) is 11.3 Å². The van der Waals surface area contributed by atoms with Crippen LogP contribution in [0.15, 0.2) is 46.6 Å². The summed E-state index contributed by atoms with van der Waals surface area (Å²) in [4.78, 5) is 37.9. The van der Waals surface area contributed by atoms with Crippen molar-refractivity contribution in [2.24, 2.45) is 0 Å². The highest BCUT2D eigenvalue weighted by atomic mass is 32.1. The molecule has 0 radical (unpaired) electrons. The van der Waals surface area contributed by atoms with Gasteiger partial charge >= 0.3 is 0 Å². The monoisotopic (exact) mass is 441 g/mol. The van der Waals surface area contributed by atoms with E-state index >= 15 is 0 Å². The first-order valence-electron chi connectivity index (χ1n) is 8.75. The van der Waals surface area contributed by atoms with Gasteiger partial charge in [-0.2, -0.15) is 10.2 Å². The summed E-state index contributed by atoms with van der Waals surface area (Å²) < 4.78 is 1.84. The first kappa shape index (κ1) is 19.7. The molecule has 0 aliphatic heterocycles. The van der Waals surface area contributed by atoms with Gasteiger partial charge in [-0.3, -0.25) is 34.9 Å². The second-order valence-electron chi connectivity index (χ2n) is 6.27. The number of H-pyrrole nitrogens is 2. The molecule has 0 saturated carbocycles. The molecule has 4 aromatic rings. The first-order chi connectivity index (χ1) is 14.5. The fourth-order valence-electron chi connectivity index (χ4n) is 2.93. The van der Waals surface area contributed by atoms with Crippen LogP contribution in [0.3, 0.4) is 0 Å². The van der Waals surface area contributed by atoms with E-state index in [-0.39, 0.29) is 10.5 Å². The highest BCUT2D eigenvalue weighted by Crippen LogP contribution is 2.25. The van der Waals surface area contributed by atoms with Crippen molar-refractivity contribution in [3.8, 4) is 10.7 Å². The number of hydrogen-bond acceptors (Lipinski definition) is 7. The lowest BCUT2D eigenvalue weighted by Crippen LogP contribution is -2.45. The van der Waals surface area contributed by atoms with E-state index in [0.29, 0.717) is 16.6 Å². The molecule has 10 nitrogen and oxygen atoms in total. The molecule has 4 rings (SSSR count). The third kappa shape index (κ3) is 3.53. The molecular weight excluding hydrogens is 426 g/mol. The van der Waals surface area contributed by atoms with E-state index in [1.807, 2.05) is 17.5 Å². The second-order valence-corrected chi connectivity index (χ2v) is 7.60. The van der Waals surface area contributed by atoms with Gasteiger partial charge in [0.1, 0.15) is 6.04 Å². The minimum atomic E-state index is -0.756. The van der Waals surface area contributed by atoms with E-state index in [0.717, 1.165) is 4.88 Å². The molecule has 0 bridgehead atoms. The molecule has 1 atom stereocenters. The van der Waals surface area contributed by atoms with Gasteiger partial charge in [0.25, 0.3) is 17.4 Å². The zero-order chi connectivity index (χ0) is 21.3. The molecule has 0 fully saturated rings. The lowest BCUT2D eigenvalue weighted by atomic mass is 10.1. The van der Waals surface area contributed by atoms with Crippen LogP contribution in [0, 0.1) is 4.77 Å². The molecule has 0 aliphatic rings. The molecule has 0 spiro atoms. The van der Waals surface area contributed by atoms with Crippen molar-refractivity contribution in [2.75, 3.05) is 0 Å². The summed E-state index contributed by atoms with van der Waals surface area (Å²) in [7, 11) is 0. The molecule has 1 aromatic carbocycles. The average molecular weight is 441 g/mol. The number of rotatable bonds is 4. The lowest BCUT2D eigenvalue weighted by molar-refractivity contribution is -0.124. The number of hydrazine groups is 1. The van der Waals surface area contributed by atoms with Gasteiger partial charge in [0, 0.05) is 5.39 Å². The zero-order valence-electron chi connectivity index (χ0n) is 15.5. The van der Waals surface area contributed by atoms with Gasteiger partial charge < -0.3 is 0 Å². The largest absolute Gasteiger partial charge is 0.290 e. The fourth-order valence-corrected chi connectivity index (χ4v) is 3.93. The number of hydrogen-bond donors (Lipinski definition) is 4. The summed E-state index contributed by atoms with van der Waals surface area (Å²) in [5, 5.41) is 15.6. The van der Waals surface area contributed by atoms with Crippen molar-refractivity contribution < 1.29 is 9.59 Å². The third-order valence-electron chi connectivity index (χ3n) is 4.42. The van der Waals surface area contributed by atoms with Gasteiger partial charge in [0.2, 0.25) is 0 Å². The lowest BCUT2D eigenvalue weighted by Gasteiger charge is -2.15. The number of benzene rings is 1. The molecule has 2 amide bonds. The standard InChI is InChI=1S/C18H15N7O3S2/c1-9(25-14(20-24-18(25)29)12-7-4-8-30-12)15(26)21-23-17(28)13-10-5-2-3-6-11(10)16(27)22-19-13/h2-9H,1H3,(H,21,26)(H,22,27)(H,23,28)(H,24,29). The number of carbonyl (C=O) groups is 2. The van der Waals surface area contributed by atoms with Crippen LogP contribution in [0.25, 0.3) is 21.5 Å². The van der Waals surface area contributed by atoms with Crippen LogP contribution in [0.5, 0.6) is 0 Å². The Labute approximate surface area is 177 Å². The second kappa shape index (κ2) is 8.00. The molecule has 3 heterocycles. The molecule has 0 aliphatic carbocycles. The highest BCUT2D eigenvalue weighted by molar-refractivity contribution is 7.71. The van der Waals surface area contributed by atoms with E-state index in [2.05, 4.69) is 31.2 Å². The zero-order valence-corrected chi connectivity index (χ0v) is 17.1. The van der Waals surface area contributed by atoms with Crippen molar-refractivity contribution in [3.05, 3.63) is 62.6 Å². The number of thiophene rings is 1. The molecule has 1 unspecified atom stereocenters. The predicted molar refractivity (Wildman–Crippen MR) is 113 cm³/mol. The van der Waals surface area contributed by atoms with E-state index in [1.165, 1.54) is 11.3 Å². The normalized spacial score (nSPS) is 11.9. The van der Waals surface area contributed by atoms with Crippen LogP contribution < -0.4 is 16.4 Å². The number of fused-ring (bicyclic) bond motifs is 1. The molecule has 4 N–H and O–H groups in total. The molecule has 12 heteroatoms. The van der Waals surface area contributed by atoms with E-state index < -0.39 is 23.4 Å². The number of nitrogens with zero attached hydrogens (tertiary/aromatic N) is 3. The Bertz CT molecular complexity index is 1350. The minimum Gasteiger partial charge on any atom is -0.287 e. The van der Waals surface area contributed by atoms with Crippen molar-refractivity contribution in [2.45, 2.75) is 13.0 Å². The Kier molecular flexibility index (Phi) is 5.25. The maximum Gasteiger partial charge on any atom is 0.290 e. The molecule has 30 heavy (non-hydrogen) atoms. The Balaban J connectivity index is 1.53. The summed E-state index contributed by atoms with van der Waals surface area (Å²) in [5.41, 5.74) is 4.28. The Morgan fingerprint density at radius 2 is 1.87 bits per heavy atom. The highest BCUT2D eigenvalue weighted by Gasteiger charge is 2.22. The van der Waals surface area contributed by atoms with Crippen LogP contribution >= 0.6 is 23.6 Å². The first-order valence-corrected chi connectivity index (χ1v) is 10.0. The van der Waals surface area contributed by atoms with Crippen LogP contribution in [0.4, 0.5) is 0 Å². The molecule has 0 saturated heterocycles. The van der Waals surface area contributed by atoms with Gasteiger partial charge in [-0.05, 0) is 36.7 Å². The Morgan fingerprint density at radius 3 is 2.60 bits per heavy atom. The predicted octanol–water partition coefficient (Wildman–Crippen LogP) is 1.93. The van der Waals surface area contributed by atoms with Crippen molar-refractivity contribution in [3.63, 3.8) is 0 Å². The third-order valence-corrected chi connectivity index (χ3v) is 5.58. The number of amides is 2. The van der Waals surface area contributed by atoms with Gasteiger partial charge in [-0.25, -0.2) is 5.10 Å². The number of nitrogens with one attached hydrogen (secondary N) is 4. The van der Waals surface area contributed by atoms with Crippen LogP contribution in [-0.2, 0) is 4.79 Å². The number of aromatic amines is 2. The van der Waals surface area contributed by atoms with E-state index in [1.54, 1.807) is 35.8 Å². The van der Waals surface area contributed by atoms with E-state index in [9.17, 15) is 14.4 Å². The van der Waals surface area contributed by atoms with Crippen molar-refractivity contribution in [1.29, 1.82) is 0 Å². The summed E-state index contributed by atoms with van der Waals surface area (Å²) in [6.07, 6.45) is 0. The number of aromatic nitrogens is 5. The molecular formula is C18H15N7O3S2. The van der Waals surface area contributed by atoms with Gasteiger partial charge in [-0.1, -0.05) is 24.3 Å². The summed E-state index contributed by atoms with van der Waals surface area (Å²) in [6, 6.07) is 9.54. The minimum absolute atomic E-state index is 0.0163. The fraction of sp³-hybridized carbons (Fsp3) is 0.111. The molecule has 3 aromatic heterocycles. The van der Waals surface area contributed by atoms with Crippen LogP contribution in [0.1, 0.15) is 23.5 Å².